The maximum atomic E-state index is 11.7. The molecule has 1 aromatic rings. The van der Waals surface area contributed by atoms with E-state index in [1.165, 1.54) is 11.1 Å². The van der Waals surface area contributed by atoms with Gasteiger partial charge >= 0.3 is 0 Å². The molecule has 106 valence electrons. The lowest BCUT2D eigenvalue weighted by Gasteiger charge is -2.10. The molecule has 0 bridgehead atoms. The number of carbonyl (C=O) groups is 2. The van der Waals surface area contributed by atoms with Crippen LogP contribution >= 0.6 is 0 Å². The fourth-order valence-corrected chi connectivity index (χ4v) is 1.23. The number of pyridine rings is 1. The average Bonchev–Trinajstić information content (AvgIpc) is 2.45. The highest BCUT2D eigenvalue weighted by atomic mass is 16.2. The molecule has 2 N–H and O–H groups in total. The summed E-state index contributed by atoms with van der Waals surface area (Å²) in [5.74, 6) is 4.98. The maximum Gasteiger partial charge on any atom is 0.270 e. The molecule has 0 unspecified atom stereocenters. The SMILES string of the molecule is CN(C)C(=O)CNC(=O)c1ccc(C#CCCO)cn1. The van der Waals surface area contributed by atoms with Gasteiger partial charge in [0.05, 0.1) is 13.2 Å². The van der Waals surface area contributed by atoms with E-state index in [2.05, 4.69) is 22.1 Å². The molecule has 0 fully saturated rings. The van der Waals surface area contributed by atoms with Gasteiger partial charge in [-0.1, -0.05) is 11.8 Å². The summed E-state index contributed by atoms with van der Waals surface area (Å²) in [4.78, 5) is 28.4. The molecule has 0 aliphatic carbocycles. The fourth-order valence-electron chi connectivity index (χ4n) is 1.23. The zero-order valence-electron chi connectivity index (χ0n) is 11.5. The van der Waals surface area contributed by atoms with Crippen molar-refractivity contribution in [2.45, 2.75) is 6.42 Å². The molecular formula is C14H17N3O3. The Kier molecular flexibility index (Phi) is 6.20. The van der Waals surface area contributed by atoms with Crippen molar-refractivity contribution >= 4 is 11.8 Å². The monoisotopic (exact) mass is 275 g/mol. The second kappa shape index (κ2) is 7.92. The summed E-state index contributed by atoms with van der Waals surface area (Å²) < 4.78 is 0. The lowest BCUT2D eigenvalue weighted by Crippen LogP contribution is -2.36. The smallest absolute Gasteiger partial charge is 0.270 e. The summed E-state index contributed by atoms with van der Waals surface area (Å²) in [6, 6.07) is 3.21. The van der Waals surface area contributed by atoms with Crippen molar-refractivity contribution in [3.63, 3.8) is 0 Å². The molecule has 1 aromatic heterocycles. The Morgan fingerprint density at radius 3 is 2.70 bits per heavy atom. The van der Waals surface area contributed by atoms with Crippen molar-refractivity contribution in [3.05, 3.63) is 29.6 Å². The molecule has 0 radical (unpaired) electrons. The topological polar surface area (TPSA) is 82.5 Å². The van der Waals surface area contributed by atoms with Crippen molar-refractivity contribution in [2.75, 3.05) is 27.2 Å². The Morgan fingerprint density at radius 1 is 1.40 bits per heavy atom. The largest absolute Gasteiger partial charge is 0.395 e. The molecule has 0 saturated carbocycles. The van der Waals surface area contributed by atoms with E-state index in [0.29, 0.717) is 12.0 Å². The first-order valence-electron chi connectivity index (χ1n) is 6.08. The van der Waals surface area contributed by atoms with Crippen molar-refractivity contribution in [1.82, 2.24) is 15.2 Å². The normalized spacial score (nSPS) is 9.35. The number of aromatic nitrogens is 1. The second-order valence-corrected chi connectivity index (χ2v) is 4.18. The van der Waals surface area contributed by atoms with Gasteiger partial charge in [-0.25, -0.2) is 4.98 Å². The van der Waals surface area contributed by atoms with E-state index in [1.807, 2.05) is 0 Å². The minimum atomic E-state index is -0.407. The Balaban J connectivity index is 2.58. The van der Waals surface area contributed by atoms with Crippen LogP contribution in [0.5, 0.6) is 0 Å². The average molecular weight is 275 g/mol. The highest BCUT2D eigenvalue weighted by Crippen LogP contribution is 1.99. The van der Waals surface area contributed by atoms with Gasteiger partial charge in [-0.05, 0) is 12.1 Å². The molecule has 6 heteroatoms. The first-order valence-corrected chi connectivity index (χ1v) is 6.08. The minimum Gasteiger partial charge on any atom is -0.395 e. The first-order chi connectivity index (χ1) is 9.54. The summed E-state index contributed by atoms with van der Waals surface area (Å²) >= 11 is 0. The van der Waals surface area contributed by atoms with Crippen LogP contribution in [0.25, 0.3) is 0 Å². The standard InChI is InChI=1S/C14H17N3O3/c1-17(2)13(19)10-16-14(20)12-7-6-11(9-15-12)5-3-4-8-18/h6-7,9,18H,4,8,10H2,1-2H3,(H,16,20). The Bertz CT molecular complexity index is 527. The summed E-state index contributed by atoms with van der Waals surface area (Å²) in [7, 11) is 3.24. The van der Waals surface area contributed by atoms with Gasteiger partial charge in [0.25, 0.3) is 5.91 Å². The number of aliphatic hydroxyl groups is 1. The van der Waals surface area contributed by atoms with Crippen LogP contribution in [0.15, 0.2) is 18.3 Å². The Hall–Kier alpha value is -2.39. The fraction of sp³-hybridized carbons (Fsp3) is 0.357. The van der Waals surface area contributed by atoms with Crippen molar-refractivity contribution in [2.24, 2.45) is 0 Å². The number of hydrogen-bond donors (Lipinski definition) is 2. The van der Waals surface area contributed by atoms with Crippen LogP contribution in [0.2, 0.25) is 0 Å². The van der Waals surface area contributed by atoms with Crippen LogP contribution in [-0.4, -0.2) is 54.1 Å². The molecular weight excluding hydrogens is 258 g/mol. The van der Waals surface area contributed by atoms with Crippen LogP contribution in [0.4, 0.5) is 0 Å². The van der Waals surface area contributed by atoms with Crippen LogP contribution in [-0.2, 0) is 4.79 Å². The van der Waals surface area contributed by atoms with Gasteiger partial charge in [0.15, 0.2) is 0 Å². The number of rotatable bonds is 4. The summed E-state index contributed by atoms with van der Waals surface area (Å²) in [5, 5.41) is 11.1. The van der Waals surface area contributed by atoms with Crippen LogP contribution < -0.4 is 5.32 Å². The number of aliphatic hydroxyl groups excluding tert-OH is 1. The van der Waals surface area contributed by atoms with E-state index in [9.17, 15) is 9.59 Å². The molecule has 0 aromatic carbocycles. The summed E-state index contributed by atoms with van der Waals surface area (Å²) in [5.41, 5.74) is 0.892. The van der Waals surface area contributed by atoms with Crippen molar-refractivity contribution in [1.29, 1.82) is 0 Å². The number of likely N-dealkylation sites (N-methyl/N-ethyl adjacent to an activating group) is 1. The predicted molar refractivity (Wildman–Crippen MR) is 73.8 cm³/mol. The van der Waals surface area contributed by atoms with Gasteiger partial charge in [-0.15, -0.1) is 0 Å². The zero-order chi connectivity index (χ0) is 15.0. The molecule has 0 aliphatic heterocycles. The van der Waals surface area contributed by atoms with Gasteiger partial charge < -0.3 is 15.3 Å². The number of carbonyl (C=O) groups excluding carboxylic acids is 2. The summed E-state index contributed by atoms with van der Waals surface area (Å²) in [6.45, 7) is -0.0492. The first kappa shape index (κ1) is 15.7. The summed E-state index contributed by atoms with van der Waals surface area (Å²) in [6.07, 6.45) is 1.88. The molecule has 0 aliphatic rings. The quantitative estimate of drug-likeness (QED) is 0.735. The molecule has 0 saturated heterocycles. The number of hydrogen-bond acceptors (Lipinski definition) is 4. The predicted octanol–water partition coefficient (Wildman–Crippen LogP) is -0.367. The van der Waals surface area contributed by atoms with Gasteiger partial charge in [-0.2, -0.15) is 0 Å². The lowest BCUT2D eigenvalue weighted by atomic mass is 10.2. The van der Waals surface area contributed by atoms with E-state index in [1.54, 1.807) is 26.2 Å². The highest BCUT2D eigenvalue weighted by molar-refractivity contribution is 5.94. The van der Waals surface area contributed by atoms with Crippen molar-refractivity contribution in [3.8, 4) is 11.8 Å². The zero-order valence-corrected chi connectivity index (χ0v) is 11.5. The van der Waals surface area contributed by atoms with Crippen molar-refractivity contribution < 1.29 is 14.7 Å². The molecule has 1 rings (SSSR count). The number of nitrogens with zero attached hydrogens (tertiary/aromatic N) is 2. The van der Waals surface area contributed by atoms with Gasteiger partial charge in [-0.3, -0.25) is 9.59 Å². The molecule has 0 spiro atoms. The van der Waals surface area contributed by atoms with Gasteiger partial charge in [0, 0.05) is 32.3 Å². The molecule has 1 heterocycles. The van der Waals surface area contributed by atoms with Gasteiger partial charge in [0.2, 0.25) is 5.91 Å². The number of nitrogens with one attached hydrogen (secondary N) is 1. The highest BCUT2D eigenvalue weighted by Gasteiger charge is 2.09. The van der Waals surface area contributed by atoms with E-state index in [4.69, 9.17) is 5.11 Å². The van der Waals surface area contributed by atoms with Crippen LogP contribution in [0, 0.1) is 11.8 Å². The van der Waals surface area contributed by atoms with E-state index >= 15 is 0 Å². The number of amides is 2. The second-order valence-electron chi connectivity index (χ2n) is 4.18. The van der Waals surface area contributed by atoms with Crippen LogP contribution in [0.1, 0.15) is 22.5 Å². The minimum absolute atomic E-state index is 0.0147. The Labute approximate surface area is 117 Å². The van der Waals surface area contributed by atoms with E-state index < -0.39 is 5.91 Å². The third kappa shape index (κ3) is 5.08. The molecule has 6 nitrogen and oxygen atoms in total. The third-order valence-corrected chi connectivity index (χ3v) is 2.36. The Morgan fingerprint density at radius 2 is 2.15 bits per heavy atom. The van der Waals surface area contributed by atoms with Crippen LogP contribution in [0.3, 0.4) is 0 Å². The molecule has 20 heavy (non-hydrogen) atoms. The van der Waals surface area contributed by atoms with Gasteiger partial charge in [0.1, 0.15) is 5.69 Å². The maximum absolute atomic E-state index is 11.7. The van der Waals surface area contributed by atoms with E-state index in [-0.39, 0.29) is 24.8 Å². The third-order valence-electron chi connectivity index (χ3n) is 2.36. The molecule has 0 atom stereocenters. The van der Waals surface area contributed by atoms with E-state index in [0.717, 1.165) is 0 Å². The molecule has 2 amide bonds. The lowest BCUT2D eigenvalue weighted by molar-refractivity contribution is -0.127.